The summed E-state index contributed by atoms with van der Waals surface area (Å²) in [6.45, 7) is 0.614. The molecule has 152 valence electrons. The lowest BCUT2D eigenvalue weighted by Crippen LogP contribution is -2.07. The standard InChI is InChI=1S/C19H15N11O/c20-19-23-17-13(18-22-16(26-30(18)19)14-5-2-8-31-14)10-21-29(17)7-6-11-3-1-4-12(9-11)15-24-27-28-25-15/h1-5,8-10H,6-7H2,(H2,20,23)(H,24,25,27,28). The highest BCUT2D eigenvalue weighted by atomic mass is 16.3. The van der Waals surface area contributed by atoms with Gasteiger partial charge in [0.05, 0.1) is 17.8 Å². The third-order valence-corrected chi connectivity index (χ3v) is 5.00. The van der Waals surface area contributed by atoms with Gasteiger partial charge in [-0.05, 0) is 40.6 Å². The Balaban J connectivity index is 1.33. The van der Waals surface area contributed by atoms with Gasteiger partial charge in [0.25, 0.3) is 0 Å². The van der Waals surface area contributed by atoms with Crippen LogP contribution in [-0.2, 0) is 13.0 Å². The van der Waals surface area contributed by atoms with Crippen molar-refractivity contribution in [1.29, 1.82) is 0 Å². The van der Waals surface area contributed by atoms with E-state index in [1.807, 2.05) is 28.9 Å². The smallest absolute Gasteiger partial charge is 0.225 e. The molecule has 0 radical (unpaired) electrons. The number of H-pyrrole nitrogens is 1. The van der Waals surface area contributed by atoms with Crippen molar-refractivity contribution in [3.63, 3.8) is 0 Å². The molecule has 6 rings (SSSR count). The number of furan rings is 1. The van der Waals surface area contributed by atoms with Crippen LogP contribution in [0.2, 0.25) is 0 Å². The number of hydrogen-bond donors (Lipinski definition) is 2. The van der Waals surface area contributed by atoms with Gasteiger partial charge >= 0.3 is 0 Å². The number of fused-ring (bicyclic) bond motifs is 3. The van der Waals surface area contributed by atoms with Crippen LogP contribution in [0.25, 0.3) is 39.7 Å². The van der Waals surface area contributed by atoms with Gasteiger partial charge in [0.1, 0.15) is 0 Å². The topological polar surface area (TPSA) is 155 Å². The van der Waals surface area contributed by atoms with E-state index >= 15 is 0 Å². The van der Waals surface area contributed by atoms with Gasteiger partial charge in [-0.15, -0.1) is 10.2 Å². The van der Waals surface area contributed by atoms with E-state index in [-0.39, 0.29) is 5.95 Å². The Morgan fingerprint density at radius 1 is 1.10 bits per heavy atom. The number of rotatable bonds is 5. The number of aromatic amines is 1. The van der Waals surface area contributed by atoms with Crippen molar-refractivity contribution in [2.75, 3.05) is 5.73 Å². The van der Waals surface area contributed by atoms with Crippen molar-refractivity contribution in [1.82, 2.24) is 50.0 Å². The van der Waals surface area contributed by atoms with Gasteiger partial charge in [0.2, 0.25) is 11.8 Å². The van der Waals surface area contributed by atoms with Crippen molar-refractivity contribution in [3.8, 4) is 23.0 Å². The van der Waals surface area contributed by atoms with Crippen molar-refractivity contribution in [3.05, 3.63) is 54.4 Å². The quantitative estimate of drug-likeness (QED) is 0.430. The largest absolute Gasteiger partial charge is 0.461 e. The minimum absolute atomic E-state index is 0.231. The van der Waals surface area contributed by atoms with Gasteiger partial charge in [-0.2, -0.15) is 14.6 Å². The fourth-order valence-corrected chi connectivity index (χ4v) is 3.52. The molecular formula is C19H15N11O. The van der Waals surface area contributed by atoms with Crippen LogP contribution < -0.4 is 5.73 Å². The van der Waals surface area contributed by atoms with Gasteiger partial charge in [-0.3, -0.25) is 0 Å². The van der Waals surface area contributed by atoms with E-state index in [9.17, 15) is 0 Å². The highest BCUT2D eigenvalue weighted by Gasteiger charge is 2.17. The maximum atomic E-state index is 6.15. The Labute approximate surface area is 173 Å². The normalized spacial score (nSPS) is 11.6. The highest BCUT2D eigenvalue weighted by Crippen LogP contribution is 2.24. The number of tetrazole rings is 1. The first-order valence-corrected chi connectivity index (χ1v) is 9.51. The van der Waals surface area contributed by atoms with Crippen molar-refractivity contribution in [2.24, 2.45) is 0 Å². The lowest BCUT2D eigenvalue weighted by molar-refractivity contribution is 0.577. The van der Waals surface area contributed by atoms with E-state index < -0.39 is 0 Å². The SMILES string of the molecule is Nc1nc2c(cnn2CCc2cccc(-c3nnn[nH]3)c2)c2nc(-c3ccco3)nn12. The molecule has 1 aromatic carbocycles. The van der Waals surface area contributed by atoms with Gasteiger partial charge in [-0.25, -0.2) is 14.8 Å². The number of nitrogens with two attached hydrogens (primary N) is 1. The second-order valence-electron chi connectivity index (χ2n) is 6.92. The average Bonchev–Trinajstić information content (AvgIpc) is 3.59. The molecule has 0 aliphatic carbocycles. The summed E-state index contributed by atoms with van der Waals surface area (Å²) in [7, 11) is 0. The zero-order chi connectivity index (χ0) is 20.8. The monoisotopic (exact) mass is 413 g/mol. The fraction of sp³-hybridized carbons (Fsp3) is 0.105. The average molecular weight is 413 g/mol. The van der Waals surface area contributed by atoms with Crippen LogP contribution in [0.4, 0.5) is 5.95 Å². The number of aromatic nitrogens is 10. The van der Waals surface area contributed by atoms with Crippen LogP contribution in [0.1, 0.15) is 5.56 Å². The van der Waals surface area contributed by atoms with Crippen molar-refractivity contribution >= 4 is 22.6 Å². The predicted octanol–water partition coefficient (Wildman–Crippen LogP) is 1.74. The van der Waals surface area contributed by atoms with E-state index in [0.29, 0.717) is 35.2 Å². The second-order valence-corrected chi connectivity index (χ2v) is 6.92. The maximum absolute atomic E-state index is 6.15. The van der Waals surface area contributed by atoms with E-state index in [4.69, 9.17) is 10.2 Å². The van der Waals surface area contributed by atoms with Crippen LogP contribution in [0.5, 0.6) is 0 Å². The molecule has 6 aromatic rings. The summed E-state index contributed by atoms with van der Waals surface area (Å²) in [4.78, 5) is 9.08. The summed E-state index contributed by atoms with van der Waals surface area (Å²) in [5, 5.41) is 23.7. The third kappa shape index (κ3) is 2.88. The van der Waals surface area contributed by atoms with E-state index in [2.05, 4.69) is 40.8 Å². The molecule has 0 fully saturated rings. The second kappa shape index (κ2) is 6.73. The molecule has 12 heteroatoms. The molecule has 31 heavy (non-hydrogen) atoms. The predicted molar refractivity (Wildman–Crippen MR) is 110 cm³/mol. The van der Waals surface area contributed by atoms with Crippen LogP contribution in [0, 0.1) is 0 Å². The zero-order valence-corrected chi connectivity index (χ0v) is 16.0. The van der Waals surface area contributed by atoms with Gasteiger partial charge in [0, 0.05) is 12.1 Å². The van der Waals surface area contributed by atoms with Crippen LogP contribution >= 0.6 is 0 Å². The molecule has 12 nitrogen and oxygen atoms in total. The number of nitrogens with one attached hydrogen (secondary N) is 1. The number of anilines is 1. The fourth-order valence-electron chi connectivity index (χ4n) is 3.52. The Morgan fingerprint density at radius 3 is 2.90 bits per heavy atom. The lowest BCUT2D eigenvalue weighted by Gasteiger charge is -2.06. The molecule has 5 aromatic heterocycles. The summed E-state index contributed by atoms with van der Waals surface area (Å²) in [6.07, 6.45) is 4.04. The first kappa shape index (κ1) is 17.3. The number of aryl methyl sites for hydroxylation is 2. The minimum Gasteiger partial charge on any atom is -0.461 e. The molecule has 0 aliphatic heterocycles. The lowest BCUT2D eigenvalue weighted by atomic mass is 10.1. The number of nitrogen functional groups attached to an aromatic ring is 1. The summed E-state index contributed by atoms with van der Waals surface area (Å²) in [6, 6.07) is 11.6. The van der Waals surface area contributed by atoms with E-state index in [1.54, 1.807) is 24.6 Å². The molecule has 0 atom stereocenters. The molecule has 0 amide bonds. The van der Waals surface area contributed by atoms with Gasteiger partial charge in [-0.1, -0.05) is 18.2 Å². The Kier molecular flexibility index (Phi) is 3.75. The molecule has 3 N–H and O–H groups in total. The first-order chi connectivity index (χ1) is 15.3. The zero-order valence-electron chi connectivity index (χ0n) is 16.0. The molecule has 0 unspecified atom stereocenters. The van der Waals surface area contributed by atoms with Gasteiger partial charge < -0.3 is 10.2 Å². The van der Waals surface area contributed by atoms with Crippen molar-refractivity contribution < 1.29 is 4.42 Å². The van der Waals surface area contributed by atoms with E-state index in [0.717, 1.165) is 22.9 Å². The molecule has 0 bridgehead atoms. The van der Waals surface area contributed by atoms with Crippen LogP contribution in [0.15, 0.2) is 53.3 Å². The minimum atomic E-state index is 0.231. The molecule has 0 aliphatic rings. The summed E-state index contributed by atoms with van der Waals surface area (Å²) >= 11 is 0. The summed E-state index contributed by atoms with van der Waals surface area (Å²) in [5.41, 5.74) is 9.43. The Morgan fingerprint density at radius 2 is 2.06 bits per heavy atom. The number of nitrogens with zero attached hydrogens (tertiary/aromatic N) is 9. The Bertz CT molecular complexity index is 1500. The molecule has 0 saturated carbocycles. The van der Waals surface area contributed by atoms with E-state index in [1.165, 1.54) is 4.52 Å². The van der Waals surface area contributed by atoms with Gasteiger partial charge in [0.15, 0.2) is 22.9 Å². The number of benzene rings is 1. The Hall–Kier alpha value is -4.61. The van der Waals surface area contributed by atoms with Crippen LogP contribution in [-0.4, -0.2) is 50.0 Å². The molecular weight excluding hydrogens is 398 g/mol. The van der Waals surface area contributed by atoms with Crippen molar-refractivity contribution in [2.45, 2.75) is 13.0 Å². The molecule has 5 heterocycles. The maximum Gasteiger partial charge on any atom is 0.225 e. The van der Waals surface area contributed by atoms with Crippen LogP contribution in [0.3, 0.4) is 0 Å². The third-order valence-electron chi connectivity index (χ3n) is 5.00. The number of hydrogen-bond acceptors (Lipinski definition) is 9. The first-order valence-electron chi connectivity index (χ1n) is 9.51. The molecule has 0 saturated heterocycles. The summed E-state index contributed by atoms with van der Waals surface area (Å²) < 4.78 is 8.71. The highest BCUT2D eigenvalue weighted by molar-refractivity contribution is 5.90. The summed E-state index contributed by atoms with van der Waals surface area (Å²) in [5.74, 6) is 1.86. The molecule has 0 spiro atoms.